The minimum Gasteiger partial charge on any atom is -0.506 e. The van der Waals surface area contributed by atoms with Crippen molar-refractivity contribution in [3.05, 3.63) is 61.9 Å². The zero-order chi connectivity index (χ0) is 20.7. The summed E-state index contributed by atoms with van der Waals surface area (Å²) >= 11 is 5.74. The number of aryl methyl sites for hydroxylation is 1. The molecule has 0 bridgehead atoms. The van der Waals surface area contributed by atoms with Crippen LogP contribution in [0.5, 0.6) is 11.5 Å². The lowest BCUT2D eigenvalue weighted by Crippen LogP contribution is -2.41. The number of nitrogens with zero attached hydrogens (tertiary/aromatic N) is 1. The Morgan fingerprint density at radius 3 is 2.41 bits per heavy atom. The summed E-state index contributed by atoms with van der Waals surface area (Å²) in [5.74, 6) is -8.45. The summed E-state index contributed by atoms with van der Waals surface area (Å²) in [5.41, 5.74) is -5.58. The van der Waals surface area contributed by atoms with E-state index in [1.54, 1.807) is 0 Å². The second kappa shape index (κ2) is 6.95. The van der Waals surface area contributed by atoms with Gasteiger partial charge in [-0.2, -0.15) is 0 Å². The highest BCUT2D eigenvalue weighted by molar-refractivity contribution is 6.33. The highest BCUT2D eigenvalue weighted by atomic mass is 35.5. The normalized spacial score (nSPS) is 13.1. The molecular weight excluding hydrogens is 395 g/mol. The molecule has 0 amide bonds. The van der Waals surface area contributed by atoms with E-state index in [0.717, 1.165) is 19.1 Å². The number of ether oxygens (including phenoxy) is 1. The van der Waals surface area contributed by atoms with Crippen molar-refractivity contribution in [3.8, 4) is 11.5 Å². The van der Waals surface area contributed by atoms with Crippen LogP contribution in [0.1, 0.15) is 18.1 Å². The van der Waals surface area contributed by atoms with Crippen LogP contribution in [-0.4, -0.2) is 21.1 Å². The Morgan fingerprint density at radius 2 is 1.89 bits per heavy atom. The Balaban J connectivity index is 2.79. The molecule has 0 aliphatic rings. The van der Waals surface area contributed by atoms with Gasteiger partial charge >= 0.3 is 11.7 Å². The fourth-order valence-electron chi connectivity index (χ4n) is 2.33. The van der Waals surface area contributed by atoms with Gasteiger partial charge in [-0.25, -0.2) is 18.0 Å². The molecule has 144 valence electrons. The number of carboxylic acids is 1. The number of phenols is 1. The molecule has 0 saturated carbocycles. The van der Waals surface area contributed by atoms with Crippen molar-refractivity contribution in [2.45, 2.75) is 19.4 Å². The second-order valence-corrected chi connectivity index (χ2v) is 6.00. The summed E-state index contributed by atoms with van der Waals surface area (Å²) < 4.78 is 47.6. The molecule has 0 aliphatic carbocycles. The number of aliphatic carboxylic acids is 1. The molecule has 1 unspecified atom stereocenters. The number of halogens is 4. The first kappa shape index (κ1) is 20.3. The van der Waals surface area contributed by atoms with Crippen LogP contribution in [0.2, 0.25) is 5.02 Å². The fourth-order valence-corrected chi connectivity index (χ4v) is 2.53. The number of nitro groups is 1. The summed E-state index contributed by atoms with van der Waals surface area (Å²) in [6, 6.07) is 2.15. The van der Waals surface area contributed by atoms with Crippen molar-refractivity contribution >= 4 is 23.3 Å². The Hall–Kier alpha value is -3.01. The topological polar surface area (TPSA) is 110 Å². The molecule has 2 aromatic rings. The summed E-state index contributed by atoms with van der Waals surface area (Å²) in [5, 5.41) is 29.5. The molecule has 0 fully saturated rings. The molecule has 0 heterocycles. The maximum atomic E-state index is 14.3. The third kappa shape index (κ3) is 3.35. The average Bonchev–Trinajstić information content (AvgIpc) is 2.56. The maximum Gasteiger partial charge on any atom is 0.352 e. The van der Waals surface area contributed by atoms with Gasteiger partial charge in [-0.15, -0.1) is 0 Å². The molecule has 11 heteroatoms. The first-order valence-electron chi connectivity index (χ1n) is 7.14. The average molecular weight is 406 g/mol. The van der Waals surface area contributed by atoms with Gasteiger partial charge in [0, 0.05) is 6.07 Å². The van der Waals surface area contributed by atoms with Crippen LogP contribution in [0.15, 0.2) is 18.2 Å². The van der Waals surface area contributed by atoms with E-state index < -0.39 is 67.3 Å². The maximum absolute atomic E-state index is 14.3. The number of hydrogen-bond acceptors (Lipinski definition) is 5. The van der Waals surface area contributed by atoms with Gasteiger partial charge in [0.2, 0.25) is 11.4 Å². The SMILES string of the molecule is Cc1cc(F)c(C(C)(Oc2c([N+](=O)[O-])ccc(O)c2Cl)C(=O)O)c(F)c1F. The zero-order valence-electron chi connectivity index (χ0n) is 13.7. The lowest BCUT2D eigenvalue weighted by atomic mass is 9.93. The Bertz CT molecular complexity index is 968. The molecule has 2 rings (SSSR count). The largest absolute Gasteiger partial charge is 0.506 e. The molecule has 0 aromatic heterocycles. The molecular formula is C16H11ClF3NO6. The van der Waals surface area contributed by atoms with Crippen molar-refractivity contribution in [3.63, 3.8) is 0 Å². The van der Waals surface area contributed by atoms with Gasteiger partial charge in [-0.3, -0.25) is 10.1 Å². The smallest absolute Gasteiger partial charge is 0.352 e. The minimum atomic E-state index is -2.95. The number of hydrogen-bond donors (Lipinski definition) is 2. The standard InChI is InChI=1S/C16H11ClF3NO6/c1-6-5-7(18)10(13(20)12(6)19)16(2,15(23)24)27-14-8(21(25)26)3-4-9(22)11(14)17/h3-5,22H,1-2H3,(H,23,24). The summed E-state index contributed by atoms with van der Waals surface area (Å²) in [6.45, 7) is 1.72. The number of carbonyl (C=O) groups is 1. The molecule has 0 spiro atoms. The lowest BCUT2D eigenvalue weighted by molar-refractivity contribution is -0.386. The quantitative estimate of drug-likeness (QED) is 0.441. The van der Waals surface area contributed by atoms with Gasteiger partial charge in [-0.05, 0) is 31.5 Å². The van der Waals surface area contributed by atoms with Gasteiger partial charge in [0.15, 0.2) is 11.6 Å². The minimum absolute atomic E-state index is 0.428. The summed E-state index contributed by atoms with van der Waals surface area (Å²) in [7, 11) is 0. The Labute approximate surface area is 154 Å². The molecule has 0 saturated heterocycles. The first-order valence-corrected chi connectivity index (χ1v) is 7.52. The number of rotatable bonds is 5. The van der Waals surface area contributed by atoms with Crippen molar-refractivity contribution in [2.75, 3.05) is 0 Å². The predicted molar refractivity (Wildman–Crippen MR) is 86.4 cm³/mol. The molecule has 0 aliphatic heterocycles. The van der Waals surface area contributed by atoms with Gasteiger partial charge in [0.25, 0.3) is 0 Å². The van der Waals surface area contributed by atoms with E-state index in [-0.39, 0.29) is 0 Å². The monoisotopic (exact) mass is 405 g/mol. The molecule has 2 aromatic carbocycles. The molecule has 2 N–H and O–H groups in total. The van der Waals surface area contributed by atoms with Gasteiger partial charge in [-0.1, -0.05) is 11.6 Å². The van der Waals surface area contributed by atoms with E-state index in [1.165, 1.54) is 0 Å². The van der Waals surface area contributed by atoms with Crippen LogP contribution in [0, 0.1) is 34.5 Å². The van der Waals surface area contributed by atoms with E-state index in [4.69, 9.17) is 16.3 Å². The number of aromatic hydroxyl groups is 1. The Kier molecular flexibility index (Phi) is 5.23. The van der Waals surface area contributed by atoms with Crippen LogP contribution in [-0.2, 0) is 10.4 Å². The number of benzene rings is 2. The van der Waals surface area contributed by atoms with Crippen LogP contribution < -0.4 is 4.74 Å². The van der Waals surface area contributed by atoms with E-state index >= 15 is 0 Å². The van der Waals surface area contributed by atoms with E-state index in [2.05, 4.69) is 0 Å². The van der Waals surface area contributed by atoms with Crippen molar-refractivity contribution in [1.82, 2.24) is 0 Å². The Morgan fingerprint density at radius 1 is 1.30 bits per heavy atom. The van der Waals surface area contributed by atoms with E-state index in [0.29, 0.717) is 13.0 Å². The highest BCUT2D eigenvalue weighted by Gasteiger charge is 2.46. The van der Waals surface area contributed by atoms with Crippen molar-refractivity contribution in [2.24, 2.45) is 0 Å². The third-order valence-corrected chi connectivity index (χ3v) is 4.15. The number of carboxylic acid groups (broad SMARTS) is 1. The first-order chi connectivity index (χ1) is 12.4. The van der Waals surface area contributed by atoms with Crippen LogP contribution in [0.4, 0.5) is 18.9 Å². The van der Waals surface area contributed by atoms with Gasteiger partial charge < -0.3 is 14.9 Å². The second-order valence-electron chi connectivity index (χ2n) is 5.62. The van der Waals surface area contributed by atoms with Crippen LogP contribution in [0.25, 0.3) is 0 Å². The predicted octanol–water partition coefficient (Wildman–Crippen LogP) is 4.06. The zero-order valence-corrected chi connectivity index (χ0v) is 14.5. The van der Waals surface area contributed by atoms with Crippen molar-refractivity contribution < 1.29 is 37.8 Å². The molecule has 27 heavy (non-hydrogen) atoms. The number of nitro benzene ring substituents is 1. The summed E-state index contributed by atoms with van der Waals surface area (Å²) in [6.07, 6.45) is 0. The molecule has 7 nitrogen and oxygen atoms in total. The van der Waals surface area contributed by atoms with Crippen LogP contribution >= 0.6 is 11.6 Å². The molecule has 0 radical (unpaired) electrons. The fraction of sp³-hybridized carbons (Fsp3) is 0.188. The van der Waals surface area contributed by atoms with Crippen molar-refractivity contribution in [1.29, 1.82) is 0 Å². The van der Waals surface area contributed by atoms with Gasteiger partial charge in [0.05, 0.1) is 10.5 Å². The molecule has 1 atom stereocenters. The third-order valence-electron chi connectivity index (χ3n) is 3.78. The summed E-state index contributed by atoms with van der Waals surface area (Å²) in [4.78, 5) is 21.9. The highest BCUT2D eigenvalue weighted by Crippen LogP contribution is 2.45. The van der Waals surface area contributed by atoms with E-state index in [9.17, 15) is 38.3 Å². The van der Waals surface area contributed by atoms with E-state index in [1.807, 2.05) is 0 Å². The van der Waals surface area contributed by atoms with Gasteiger partial charge in [0.1, 0.15) is 16.6 Å². The number of phenolic OH excluding ortho intramolecular Hbond substituents is 1. The lowest BCUT2D eigenvalue weighted by Gasteiger charge is -2.28. The van der Waals surface area contributed by atoms with Crippen LogP contribution in [0.3, 0.4) is 0 Å².